The van der Waals surface area contributed by atoms with Gasteiger partial charge in [-0.2, -0.15) is 5.26 Å². The van der Waals surface area contributed by atoms with E-state index in [2.05, 4.69) is 11.4 Å². The second-order valence-electron chi connectivity index (χ2n) is 3.69. The van der Waals surface area contributed by atoms with Gasteiger partial charge in [-0.15, -0.1) is 0 Å². The van der Waals surface area contributed by atoms with E-state index in [1.165, 1.54) is 6.07 Å². The van der Waals surface area contributed by atoms with Crippen molar-refractivity contribution in [2.45, 2.75) is 12.5 Å². The zero-order valence-corrected chi connectivity index (χ0v) is 8.00. The molecule has 4 heteroatoms. The SMILES string of the molecule is N#CC1CNC(c2cc(F)ccc2F)C1. The van der Waals surface area contributed by atoms with Crippen molar-refractivity contribution >= 4 is 0 Å². The molecular formula is C11H10F2N2. The Balaban J connectivity index is 2.24. The molecule has 1 aromatic carbocycles. The highest BCUT2D eigenvalue weighted by Gasteiger charge is 2.27. The van der Waals surface area contributed by atoms with Crippen LogP contribution in [0.5, 0.6) is 0 Å². The largest absolute Gasteiger partial charge is 0.308 e. The summed E-state index contributed by atoms with van der Waals surface area (Å²) in [5, 5.41) is 11.7. The molecule has 1 aliphatic heterocycles. The van der Waals surface area contributed by atoms with Gasteiger partial charge in [-0.25, -0.2) is 8.78 Å². The Kier molecular flexibility index (Phi) is 2.65. The number of rotatable bonds is 1. The Morgan fingerprint density at radius 1 is 1.40 bits per heavy atom. The molecule has 0 aromatic heterocycles. The monoisotopic (exact) mass is 208 g/mol. The highest BCUT2D eigenvalue weighted by atomic mass is 19.1. The molecule has 0 radical (unpaired) electrons. The molecule has 1 aliphatic rings. The summed E-state index contributed by atoms with van der Waals surface area (Å²) in [7, 11) is 0. The zero-order chi connectivity index (χ0) is 10.8. The minimum Gasteiger partial charge on any atom is -0.308 e. The predicted octanol–water partition coefficient (Wildman–Crippen LogP) is 2.14. The van der Waals surface area contributed by atoms with E-state index in [1.54, 1.807) is 0 Å². The van der Waals surface area contributed by atoms with Crippen molar-refractivity contribution in [3.8, 4) is 6.07 Å². The summed E-state index contributed by atoms with van der Waals surface area (Å²) < 4.78 is 26.3. The Bertz CT molecular complexity index is 412. The lowest BCUT2D eigenvalue weighted by Gasteiger charge is -2.11. The van der Waals surface area contributed by atoms with Gasteiger partial charge < -0.3 is 5.32 Å². The second-order valence-corrected chi connectivity index (χ2v) is 3.69. The van der Waals surface area contributed by atoms with Gasteiger partial charge in [-0.05, 0) is 24.6 Å². The van der Waals surface area contributed by atoms with Crippen LogP contribution in [0.1, 0.15) is 18.0 Å². The average molecular weight is 208 g/mol. The number of nitriles is 1. The van der Waals surface area contributed by atoms with Crippen molar-refractivity contribution < 1.29 is 8.78 Å². The van der Waals surface area contributed by atoms with E-state index in [1.807, 2.05) is 0 Å². The van der Waals surface area contributed by atoms with Gasteiger partial charge in [-0.3, -0.25) is 0 Å². The Morgan fingerprint density at radius 3 is 2.87 bits per heavy atom. The van der Waals surface area contributed by atoms with Gasteiger partial charge >= 0.3 is 0 Å². The Hall–Kier alpha value is -1.47. The first kappa shape index (κ1) is 10.1. The molecule has 0 aliphatic carbocycles. The van der Waals surface area contributed by atoms with Crippen molar-refractivity contribution in [2.75, 3.05) is 6.54 Å². The third-order valence-electron chi connectivity index (χ3n) is 2.65. The van der Waals surface area contributed by atoms with Gasteiger partial charge in [-0.1, -0.05) is 0 Å². The lowest BCUT2D eigenvalue weighted by atomic mass is 10.0. The second kappa shape index (κ2) is 3.95. The molecule has 1 N–H and O–H groups in total. The molecule has 0 bridgehead atoms. The van der Waals surface area contributed by atoms with Crippen molar-refractivity contribution in [1.29, 1.82) is 5.26 Å². The van der Waals surface area contributed by atoms with Crippen molar-refractivity contribution in [2.24, 2.45) is 5.92 Å². The van der Waals surface area contributed by atoms with Gasteiger partial charge in [0.25, 0.3) is 0 Å². The molecule has 2 nitrogen and oxygen atoms in total. The first-order valence-corrected chi connectivity index (χ1v) is 4.78. The topological polar surface area (TPSA) is 35.8 Å². The number of benzene rings is 1. The van der Waals surface area contributed by atoms with Crippen LogP contribution in [-0.2, 0) is 0 Å². The van der Waals surface area contributed by atoms with Crippen LogP contribution in [0.25, 0.3) is 0 Å². The summed E-state index contributed by atoms with van der Waals surface area (Å²) in [6, 6.07) is 5.27. The summed E-state index contributed by atoms with van der Waals surface area (Å²) in [6.45, 7) is 0.539. The molecule has 15 heavy (non-hydrogen) atoms. The van der Waals surface area contributed by atoms with Gasteiger partial charge in [0, 0.05) is 18.2 Å². The van der Waals surface area contributed by atoms with Gasteiger partial charge in [0.05, 0.1) is 12.0 Å². The molecule has 1 saturated heterocycles. The summed E-state index contributed by atoms with van der Waals surface area (Å²) in [5.41, 5.74) is 0.313. The molecule has 78 valence electrons. The van der Waals surface area contributed by atoms with Crippen molar-refractivity contribution in [3.63, 3.8) is 0 Å². The van der Waals surface area contributed by atoms with E-state index in [-0.39, 0.29) is 12.0 Å². The lowest BCUT2D eigenvalue weighted by Crippen LogP contribution is -2.15. The maximum absolute atomic E-state index is 13.4. The summed E-state index contributed by atoms with van der Waals surface area (Å²) in [6.07, 6.45) is 0.539. The Morgan fingerprint density at radius 2 is 2.20 bits per heavy atom. The molecule has 0 spiro atoms. The van der Waals surface area contributed by atoms with Crippen LogP contribution >= 0.6 is 0 Å². The molecule has 1 aromatic rings. The van der Waals surface area contributed by atoms with E-state index in [0.29, 0.717) is 18.5 Å². The fraction of sp³-hybridized carbons (Fsp3) is 0.364. The number of hydrogen-bond acceptors (Lipinski definition) is 2. The zero-order valence-electron chi connectivity index (χ0n) is 8.00. The van der Waals surface area contributed by atoms with E-state index >= 15 is 0 Å². The maximum atomic E-state index is 13.4. The summed E-state index contributed by atoms with van der Waals surface area (Å²) in [4.78, 5) is 0. The first-order valence-electron chi connectivity index (χ1n) is 4.78. The highest BCUT2D eigenvalue weighted by molar-refractivity contribution is 5.24. The van der Waals surface area contributed by atoms with Crippen LogP contribution < -0.4 is 5.32 Å². The summed E-state index contributed by atoms with van der Waals surface area (Å²) >= 11 is 0. The number of hydrogen-bond donors (Lipinski definition) is 1. The minimum atomic E-state index is -0.450. The number of nitrogens with zero attached hydrogens (tertiary/aromatic N) is 1. The molecule has 2 atom stereocenters. The van der Waals surface area contributed by atoms with E-state index < -0.39 is 11.6 Å². The van der Waals surface area contributed by atoms with Crippen LogP contribution in [0.2, 0.25) is 0 Å². The first-order chi connectivity index (χ1) is 7.20. The Labute approximate surface area is 86.5 Å². The molecule has 2 rings (SSSR count). The van der Waals surface area contributed by atoms with Crippen molar-refractivity contribution in [1.82, 2.24) is 5.32 Å². The summed E-state index contributed by atoms with van der Waals surface area (Å²) in [5.74, 6) is -0.987. The normalized spacial score (nSPS) is 25.1. The number of nitrogens with one attached hydrogen (secondary N) is 1. The van der Waals surface area contributed by atoms with Crippen LogP contribution in [0.3, 0.4) is 0 Å². The molecule has 0 amide bonds. The fourth-order valence-electron chi connectivity index (χ4n) is 1.85. The fourth-order valence-corrected chi connectivity index (χ4v) is 1.85. The highest BCUT2D eigenvalue weighted by Crippen LogP contribution is 2.28. The van der Waals surface area contributed by atoms with Gasteiger partial charge in [0.15, 0.2) is 0 Å². The molecule has 2 unspecified atom stereocenters. The van der Waals surface area contributed by atoms with E-state index in [9.17, 15) is 8.78 Å². The van der Waals surface area contributed by atoms with Crippen molar-refractivity contribution in [3.05, 3.63) is 35.4 Å². The quantitative estimate of drug-likeness (QED) is 0.767. The molecule has 1 fully saturated rings. The van der Waals surface area contributed by atoms with Crippen LogP contribution in [0, 0.1) is 28.9 Å². The van der Waals surface area contributed by atoms with Crippen LogP contribution in [-0.4, -0.2) is 6.54 Å². The predicted molar refractivity (Wildman–Crippen MR) is 50.8 cm³/mol. The molecular weight excluding hydrogens is 198 g/mol. The minimum absolute atomic E-state index is 0.113. The number of halogens is 2. The third-order valence-corrected chi connectivity index (χ3v) is 2.65. The van der Waals surface area contributed by atoms with E-state index in [4.69, 9.17) is 5.26 Å². The lowest BCUT2D eigenvalue weighted by molar-refractivity contribution is 0.541. The van der Waals surface area contributed by atoms with Gasteiger partial charge in [0.2, 0.25) is 0 Å². The molecule has 0 saturated carbocycles. The van der Waals surface area contributed by atoms with Crippen LogP contribution in [0.4, 0.5) is 8.78 Å². The third kappa shape index (κ3) is 1.97. The smallest absolute Gasteiger partial charge is 0.128 e. The maximum Gasteiger partial charge on any atom is 0.128 e. The van der Waals surface area contributed by atoms with Crippen LogP contribution in [0.15, 0.2) is 18.2 Å². The van der Waals surface area contributed by atoms with Gasteiger partial charge in [0.1, 0.15) is 11.6 Å². The van der Waals surface area contributed by atoms with E-state index in [0.717, 1.165) is 12.1 Å². The standard InChI is InChI=1S/C11H10F2N2/c12-8-1-2-10(13)9(4-8)11-3-7(5-14)6-15-11/h1-2,4,7,11,15H,3,6H2. The molecule has 1 heterocycles. The average Bonchev–Trinajstić information content (AvgIpc) is 2.70.